The van der Waals surface area contributed by atoms with Gasteiger partial charge in [0.25, 0.3) is 0 Å². The van der Waals surface area contributed by atoms with Gasteiger partial charge in [0, 0.05) is 23.6 Å². The minimum absolute atomic E-state index is 0.217. The number of imidazole rings is 1. The fraction of sp³-hybridized carbons (Fsp3) is 0.227. The van der Waals surface area contributed by atoms with Crippen molar-refractivity contribution in [3.05, 3.63) is 66.7 Å². The molecule has 0 aliphatic rings. The van der Waals surface area contributed by atoms with Crippen LogP contribution in [0.1, 0.15) is 19.3 Å². The number of rotatable bonds is 9. The lowest BCUT2D eigenvalue weighted by Crippen LogP contribution is -2.04. The lowest BCUT2D eigenvalue weighted by molar-refractivity contribution is 0.0678. The average molecular weight is 458 g/mol. The maximum Gasteiger partial charge on any atom is 0.319 e. The Kier molecular flexibility index (Phi) is 6.69. The van der Waals surface area contributed by atoms with Crippen LogP contribution in [0.3, 0.4) is 0 Å². The van der Waals surface area contributed by atoms with Crippen LogP contribution in [-0.2, 0) is 5.75 Å². The normalized spacial score (nSPS) is 11.2. The summed E-state index contributed by atoms with van der Waals surface area (Å²) in [5.74, 6) is 2.58. The first-order chi connectivity index (χ1) is 15.6. The number of nitrogens with zero attached hydrogens (tertiary/aromatic N) is 5. The first kappa shape index (κ1) is 21.8. The van der Waals surface area contributed by atoms with Crippen LogP contribution in [-0.4, -0.2) is 38.0 Å². The highest BCUT2D eigenvalue weighted by molar-refractivity contribution is 7.98. The number of methoxy groups -OCH3 is 1. The number of hydrogen-bond donors (Lipinski definition) is 0. The quantitative estimate of drug-likeness (QED) is 0.321. The van der Waals surface area contributed by atoms with Gasteiger partial charge in [-0.1, -0.05) is 11.8 Å². The molecule has 0 unspecified atom stereocenters. The first-order valence-corrected chi connectivity index (χ1v) is 10.8. The third-order valence-electron chi connectivity index (χ3n) is 4.68. The molecule has 0 saturated heterocycles. The predicted octanol–water partition coefficient (Wildman–Crippen LogP) is 5.23. The van der Waals surface area contributed by atoms with E-state index in [9.17, 15) is 8.78 Å². The lowest BCUT2D eigenvalue weighted by atomic mass is 10.2. The van der Waals surface area contributed by atoms with E-state index in [0.717, 1.165) is 27.3 Å². The highest BCUT2D eigenvalue weighted by Crippen LogP contribution is 2.31. The molecule has 10 heteroatoms. The van der Waals surface area contributed by atoms with E-state index < -0.39 is 6.55 Å². The summed E-state index contributed by atoms with van der Waals surface area (Å²) in [7, 11) is 1.61. The van der Waals surface area contributed by atoms with Gasteiger partial charge in [-0.2, -0.15) is 8.78 Å². The van der Waals surface area contributed by atoms with E-state index in [1.54, 1.807) is 7.11 Å². The molecule has 4 rings (SSSR count). The highest BCUT2D eigenvalue weighted by Gasteiger charge is 2.18. The standard InChI is InChI=1S/C22H21F2N5O2S/c1-3-31-18-10-6-16(7-11-18)29-20(15-4-8-17(30-2)9-5-15)26-27-22(29)32-14-19-25-12-13-28(19)21(23)24/h4-13,21H,3,14H2,1-2H3. The van der Waals surface area contributed by atoms with Gasteiger partial charge in [-0.05, 0) is 55.5 Å². The molecule has 0 fully saturated rings. The monoisotopic (exact) mass is 457 g/mol. The molecule has 2 aromatic heterocycles. The Morgan fingerprint density at radius 3 is 2.38 bits per heavy atom. The van der Waals surface area contributed by atoms with Gasteiger partial charge in [0.2, 0.25) is 0 Å². The van der Waals surface area contributed by atoms with Crippen LogP contribution in [0.5, 0.6) is 11.5 Å². The smallest absolute Gasteiger partial charge is 0.319 e. The molecule has 0 aliphatic carbocycles. The Morgan fingerprint density at radius 1 is 1.00 bits per heavy atom. The zero-order chi connectivity index (χ0) is 22.5. The Hall–Kier alpha value is -3.40. The van der Waals surface area contributed by atoms with E-state index in [-0.39, 0.29) is 11.6 Å². The summed E-state index contributed by atoms with van der Waals surface area (Å²) < 4.78 is 39.9. The number of hydrogen-bond acceptors (Lipinski definition) is 6. The van der Waals surface area contributed by atoms with Gasteiger partial charge in [-0.3, -0.25) is 9.13 Å². The van der Waals surface area contributed by atoms with Crippen LogP contribution in [0.15, 0.2) is 66.1 Å². The van der Waals surface area contributed by atoms with Crippen LogP contribution in [0.2, 0.25) is 0 Å². The fourth-order valence-electron chi connectivity index (χ4n) is 3.14. The number of halogens is 2. The second-order valence-corrected chi connectivity index (χ2v) is 7.56. The summed E-state index contributed by atoms with van der Waals surface area (Å²) in [5, 5.41) is 9.27. The van der Waals surface area contributed by atoms with Gasteiger partial charge in [0.05, 0.1) is 19.5 Å². The zero-order valence-corrected chi connectivity index (χ0v) is 18.3. The van der Waals surface area contributed by atoms with Crippen molar-refractivity contribution in [3.8, 4) is 28.6 Å². The Balaban J connectivity index is 1.70. The minimum Gasteiger partial charge on any atom is -0.497 e. The Morgan fingerprint density at radius 2 is 1.72 bits per heavy atom. The summed E-state index contributed by atoms with van der Waals surface area (Å²) in [5.41, 5.74) is 1.66. The molecule has 0 radical (unpaired) electrons. The van der Waals surface area contributed by atoms with Crippen molar-refractivity contribution in [3.63, 3.8) is 0 Å². The molecule has 166 valence electrons. The number of alkyl halides is 2. The largest absolute Gasteiger partial charge is 0.497 e. The van der Waals surface area contributed by atoms with Crippen molar-refractivity contribution in [2.24, 2.45) is 0 Å². The van der Waals surface area contributed by atoms with Crippen LogP contribution < -0.4 is 9.47 Å². The van der Waals surface area contributed by atoms with Crippen LogP contribution in [0.4, 0.5) is 8.78 Å². The minimum atomic E-state index is -2.65. The topological polar surface area (TPSA) is 67.0 Å². The van der Waals surface area contributed by atoms with Crippen molar-refractivity contribution >= 4 is 11.8 Å². The molecule has 2 heterocycles. The van der Waals surface area contributed by atoms with Gasteiger partial charge < -0.3 is 9.47 Å². The zero-order valence-electron chi connectivity index (χ0n) is 17.5. The van der Waals surface area contributed by atoms with Gasteiger partial charge in [-0.25, -0.2) is 4.98 Å². The van der Waals surface area contributed by atoms with Gasteiger partial charge in [0.1, 0.15) is 17.3 Å². The fourth-order valence-corrected chi connectivity index (χ4v) is 4.05. The van der Waals surface area contributed by atoms with E-state index in [0.29, 0.717) is 17.6 Å². The summed E-state index contributed by atoms with van der Waals surface area (Å²) >= 11 is 1.29. The molecule has 0 bridgehead atoms. The molecule has 0 atom stereocenters. The molecule has 7 nitrogen and oxygen atoms in total. The molecule has 0 aliphatic heterocycles. The van der Waals surface area contributed by atoms with Gasteiger partial charge in [0.15, 0.2) is 11.0 Å². The molecular weight excluding hydrogens is 436 g/mol. The molecule has 4 aromatic rings. The molecule has 0 saturated carbocycles. The second-order valence-electron chi connectivity index (χ2n) is 6.61. The number of benzene rings is 2. The van der Waals surface area contributed by atoms with Crippen molar-refractivity contribution < 1.29 is 18.3 Å². The van der Waals surface area contributed by atoms with E-state index in [4.69, 9.17) is 9.47 Å². The lowest BCUT2D eigenvalue weighted by Gasteiger charge is -2.12. The molecule has 0 spiro atoms. The Bertz CT molecular complexity index is 1160. The summed E-state index contributed by atoms with van der Waals surface area (Å²) in [4.78, 5) is 4.05. The summed E-state index contributed by atoms with van der Waals surface area (Å²) in [6.07, 6.45) is 2.63. The van der Waals surface area contributed by atoms with Crippen molar-refractivity contribution in [2.75, 3.05) is 13.7 Å². The number of aromatic nitrogens is 5. The third-order valence-corrected chi connectivity index (χ3v) is 5.60. The highest BCUT2D eigenvalue weighted by atomic mass is 32.2. The van der Waals surface area contributed by atoms with E-state index >= 15 is 0 Å². The first-order valence-electron chi connectivity index (χ1n) is 9.86. The average Bonchev–Trinajstić information content (AvgIpc) is 3.46. The van der Waals surface area contributed by atoms with Crippen molar-refractivity contribution in [1.82, 2.24) is 24.3 Å². The summed E-state index contributed by atoms with van der Waals surface area (Å²) in [6.45, 7) is -0.152. The molecular formula is C22H21F2N5O2S. The third kappa shape index (κ3) is 4.59. The SMILES string of the molecule is CCOc1ccc(-n2c(SCc3nccn3C(F)F)nnc2-c2ccc(OC)cc2)cc1. The van der Waals surface area contributed by atoms with Crippen LogP contribution in [0, 0.1) is 0 Å². The van der Waals surface area contributed by atoms with Crippen LogP contribution in [0.25, 0.3) is 17.1 Å². The van der Waals surface area contributed by atoms with Gasteiger partial charge in [-0.15, -0.1) is 10.2 Å². The molecule has 2 aromatic carbocycles. The molecule has 0 N–H and O–H groups in total. The molecule has 0 amide bonds. The van der Waals surface area contributed by atoms with E-state index in [1.807, 2.05) is 60.0 Å². The predicted molar refractivity (Wildman–Crippen MR) is 118 cm³/mol. The number of ether oxygens (including phenoxy) is 2. The van der Waals surface area contributed by atoms with Crippen LogP contribution >= 0.6 is 11.8 Å². The number of thioether (sulfide) groups is 1. The second kappa shape index (κ2) is 9.82. The van der Waals surface area contributed by atoms with Crippen molar-refractivity contribution in [1.29, 1.82) is 0 Å². The maximum atomic E-state index is 13.2. The van der Waals surface area contributed by atoms with Gasteiger partial charge >= 0.3 is 6.55 Å². The molecule has 32 heavy (non-hydrogen) atoms. The Labute approximate surface area is 188 Å². The van der Waals surface area contributed by atoms with Crippen molar-refractivity contribution in [2.45, 2.75) is 24.4 Å². The van der Waals surface area contributed by atoms with E-state index in [2.05, 4.69) is 15.2 Å². The summed E-state index contributed by atoms with van der Waals surface area (Å²) in [6, 6.07) is 15.0. The van der Waals surface area contributed by atoms with E-state index in [1.165, 1.54) is 24.2 Å². The maximum absolute atomic E-state index is 13.2.